The summed E-state index contributed by atoms with van der Waals surface area (Å²) in [6.07, 6.45) is 4.91. The van der Waals surface area contributed by atoms with Gasteiger partial charge in [-0.1, -0.05) is 0 Å². The number of aromatic nitrogens is 1. The van der Waals surface area contributed by atoms with E-state index in [1.807, 2.05) is 0 Å². The number of esters is 1. The number of carbonyl (C=O) groups is 2. The van der Waals surface area contributed by atoms with Crippen molar-refractivity contribution in [2.75, 3.05) is 7.11 Å². The van der Waals surface area contributed by atoms with Crippen LogP contribution in [0.5, 0.6) is 0 Å². The number of carbonyl (C=O) groups excluding carboxylic acids is 2. The van der Waals surface area contributed by atoms with Gasteiger partial charge in [-0.05, 0) is 43.2 Å². The molecule has 106 valence electrons. The Morgan fingerprint density at radius 2 is 2.20 bits per heavy atom. The molecule has 0 aliphatic heterocycles. The number of aliphatic hydroxyl groups excluding tert-OH is 1. The summed E-state index contributed by atoms with van der Waals surface area (Å²) in [6, 6.07) is 1.52. The monoisotopic (exact) mass is 276 g/mol. The van der Waals surface area contributed by atoms with Crippen LogP contribution in [0.1, 0.15) is 28.5 Å². The maximum Gasteiger partial charge on any atom is 0.356 e. The Bertz CT molecular complexity index is 577. The van der Waals surface area contributed by atoms with Crippen LogP contribution in [0.2, 0.25) is 0 Å². The number of hydrogen-bond acceptors (Lipinski definition) is 5. The number of hydrogen-bond donors (Lipinski definition) is 2. The molecule has 0 unspecified atom stereocenters. The van der Waals surface area contributed by atoms with Gasteiger partial charge in [-0.25, -0.2) is 9.78 Å². The molecule has 1 aromatic rings. The third-order valence-electron chi connectivity index (χ3n) is 2.49. The minimum absolute atomic E-state index is 0.0537. The lowest BCUT2D eigenvalue weighted by molar-refractivity contribution is -0.108. The van der Waals surface area contributed by atoms with Crippen molar-refractivity contribution < 1.29 is 19.4 Å². The lowest BCUT2D eigenvalue weighted by atomic mass is 10.1. The molecular formula is C14H16N2O4. The number of pyridine rings is 1. The van der Waals surface area contributed by atoms with Gasteiger partial charge in [-0.2, -0.15) is 0 Å². The zero-order valence-corrected chi connectivity index (χ0v) is 11.5. The molecule has 0 spiro atoms. The van der Waals surface area contributed by atoms with Gasteiger partial charge in [0.2, 0.25) is 6.41 Å². The van der Waals surface area contributed by atoms with Crippen LogP contribution < -0.4 is 5.32 Å². The lowest BCUT2D eigenvalue weighted by Gasteiger charge is -2.04. The first-order valence-electron chi connectivity index (χ1n) is 5.82. The fraction of sp³-hybridized carbons (Fsp3) is 0.214. The van der Waals surface area contributed by atoms with Crippen molar-refractivity contribution in [1.29, 1.82) is 0 Å². The van der Waals surface area contributed by atoms with Crippen molar-refractivity contribution in [2.24, 2.45) is 0 Å². The smallest absolute Gasteiger partial charge is 0.356 e. The van der Waals surface area contributed by atoms with E-state index in [2.05, 4.69) is 15.0 Å². The van der Waals surface area contributed by atoms with Crippen molar-refractivity contribution >= 4 is 18.5 Å². The van der Waals surface area contributed by atoms with Crippen LogP contribution in [0, 0.1) is 6.92 Å². The molecule has 1 aromatic heterocycles. The molecule has 0 saturated heterocycles. The third-order valence-corrected chi connectivity index (χ3v) is 2.49. The van der Waals surface area contributed by atoms with Crippen molar-refractivity contribution in [3.8, 4) is 0 Å². The highest BCUT2D eigenvalue weighted by atomic mass is 16.5. The second-order valence-corrected chi connectivity index (χ2v) is 4.08. The quantitative estimate of drug-likeness (QED) is 0.370. The van der Waals surface area contributed by atoms with Crippen LogP contribution in [0.15, 0.2) is 29.8 Å². The zero-order valence-electron chi connectivity index (χ0n) is 11.5. The minimum Gasteiger partial charge on any atom is -0.508 e. The number of methoxy groups -OCH3 is 1. The third kappa shape index (κ3) is 4.24. The van der Waals surface area contributed by atoms with E-state index in [0.29, 0.717) is 17.7 Å². The first-order valence-corrected chi connectivity index (χ1v) is 5.82. The maximum atomic E-state index is 11.4. The minimum atomic E-state index is -0.548. The SMILES string of the molecule is COC(=O)c1cc(/C=C(O)\C=C(\C)NC=O)c(C)cn1. The first-order chi connectivity index (χ1) is 9.47. The summed E-state index contributed by atoms with van der Waals surface area (Å²) >= 11 is 0. The molecule has 6 nitrogen and oxygen atoms in total. The molecule has 1 rings (SSSR count). The van der Waals surface area contributed by atoms with Crippen molar-refractivity contribution in [3.63, 3.8) is 0 Å². The molecule has 2 N–H and O–H groups in total. The zero-order chi connectivity index (χ0) is 15.1. The number of ether oxygens (including phenoxy) is 1. The van der Waals surface area contributed by atoms with E-state index in [1.54, 1.807) is 13.8 Å². The van der Waals surface area contributed by atoms with E-state index >= 15 is 0 Å². The average Bonchev–Trinajstić information content (AvgIpc) is 2.40. The van der Waals surface area contributed by atoms with Gasteiger partial charge in [0.05, 0.1) is 7.11 Å². The molecule has 1 heterocycles. The van der Waals surface area contributed by atoms with Crippen LogP contribution >= 0.6 is 0 Å². The molecule has 20 heavy (non-hydrogen) atoms. The number of allylic oxidation sites excluding steroid dienone is 2. The Labute approximate surface area is 116 Å². The molecule has 0 bridgehead atoms. The predicted octanol–water partition coefficient (Wildman–Crippen LogP) is 1.73. The van der Waals surface area contributed by atoms with Gasteiger partial charge in [-0.15, -0.1) is 0 Å². The molecule has 6 heteroatoms. The molecule has 0 aliphatic rings. The number of nitrogens with one attached hydrogen (secondary N) is 1. The summed E-state index contributed by atoms with van der Waals surface area (Å²) in [5, 5.41) is 12.2. The van der Waals surface area contributed by atoms with Crippen molar-refractivity contribution in [1.82, 2.24) is 10.3 Å². The summed E-state index contributed by atoms with van der Waals surface area (Å²) in [7, 11) is 1.27. The fourth-order valence-electron chi connectivity index (χ4n) is 1.47. The summed E-state index contributed by atoms with van der Waals surface area (Å²) in [4.78, 5) is 25.6. The van der Waals surface area contributed by atoms with Crippen LogP contribution in [0.4, 0.5) is 0 Å². The summed E-state index contributed by atoms with van der Waals surface area (Å²) in [5.74, 6) is -0.601. The molecule has 0 fully saturated rings. The molecule has 0 atom stereocenters. The highest BCUT2D eigenvalue weighted by Crippen LogP contribution is 2.14. The largest absolute Gasteiger partial charge is 0.508 e. The van der Waals surface area contributed by atoms with Crippen molar-refractivity contribution in [3.05, 3.63) is 46.6 Å². The fourth-order valence-corrected chi connectivity index (χ4v) is 1.47. The average molecular weight is 276 g/mol. The lowest BCUT2D eigenvalue weighted by Crippen LogP contribution is -2.07. The summed E-state index contributed by atoms with van der Waals surface area (Å²) in [5.41, 5.74) is 2.07. The van der Waals surface area contributed by atoms with Crippen molar-refractivity contribution in [2.45, 2.75) is 13.8 Å². The van der Waals surface area contributed by atoms with E-state index < -0.39 is 5.97 Å². The molecule has 0 saturated carbocycles. The second kappa shape index (κ2) is 7.08. The topological polar surface area (TPSA) is 88.5 Å². The normalized spacial score (nSPS) is 11.9. The van der Waals surface area contributed by atoms with E-state index in [0.717, 1.165) is 5.56 Å². The van der Waals surface area contributed by atoms with Gasteiger partial charge in [0, 0.05) is 11.9 Å². The number of rotatable bonds is 5. The summed E-state index contributed by atoms with van der Waals surface area (Å²) in [6.45, 7) is 3.44. The Balaban J connectivity index is 3.10. The van der Waals surface area contributed by atoms with Crippen LogP contribution in [-0.4, -0.2) is 29.6 Å². The predicted molar refractivity (Wildman–Crippen MR) is 73.9 cm³/mol. The van der Waals surface area contributed by atoms with Gasteiger partial charge >= 0.3 is 5.97 Å². The maximum absolute atomic E-state index is 11.4. The Kier molecular flexibility index (Phi) is 5.46. The number of aryl methyl sites for hydroxylation is 1. The van der Waals surface area contributed by atoms with E-state index in [4.69, 9.17) is 0 Å². The van der Waals surface area contributed by atoms with Crippen LogP contribution in [0.3, 0.4) is 0 Å². The van der Waals surface area contributed by atoms with Gasteiger partial charge in [0.25, 0.3) is 0 Å². The van der Waals surface area contributed by atoms with E-state index in [1.165, 1.54) is 31.5 Å². The standard InChI is InChI=1S/C14H16N2O4/c1-9-7-15-13(14(19)20-3)6-11(9)5-12(18)4-10(2)16-8-17/h4-8,18H,1-3H3,(H,16,17)/b10-4-,12-5+. The number of amides is 1. The van der Waals surface area contributed by atoms with E-state index in [-0.39, 0.29) is 11.5 Å². The van der Waals surface area contributed by atoms with Gasteiger partial charge in [-0.3, -0.25) is 4.79 Å². The van der Waals surface area contributed by atoms with Crippen LogP contribution in [0.25, 0.3) is 6.08 Å². The Morgan fingerprint density at radius 3 is 2.80 bits per heavy atom. The second-order valence-electron chi connectivity index (χ2n) is 4.08. The molecule has 0 radical (unpaired) electrons. The molecule has 0 aromatic carbocycles. The van der Waals surface area contributed by atoms with E-state index in [9.17, 15) is 14.7 Å². The highest BCUT2D eigenvalue weighted by molar-refractivity contribution is 5.88. The van der Waals surface area contributed by atoms with Gasteiger partial charge in [0.1, 0.15) is 11.5 Å². The summed E-state index contributed by atoms with van der Waals surface area (Å²) < 4.78 is 4.59. The Hall–Kier alpha value is -2.63. The van der Waals surface area contributed by atoms with Gasteiger partial charge in [0.15, 0.2) is 0 Å². The first kappa shape index (κ1) is 15.4. The number of nitrogens with zero attached hydrogens (tertiary/aromatic N) is 1. The van der Waals surface area contributed by atoms with Crippen LogP contribution in [-0.2, 0) is 9.53 Å². The highest BCUT2D eigenvalue weighted by Gasteiger charge is 2.09. The Morgan fingerprint density at radius 1 is 1.50 bits per heavy atom. The number of aliphatic hydroxyl groups is 1. The molecule has 1 amide bonds. The molecular weight excluding hydrogens is 260 g/mol. The van der Waals surface area contributed by atoms with Gasteiger partial charge < -0.3 is 15.2 Å². The molecule has 0 aliphatic carbocycles.